The van der Waals surface area contributed by atoms with Crippen molar-refractivity contribution >= 4 is 5.52 Å². The molecule has 0 saturated carbocycles. The molecule has 74 valence electrons. The first-order valence-corrected chi connectivity index (χ1v) is 4.62. The minimum atomic E-state index is 0.109. The van der Waals surface area contributed by atoms with E-state index in [0.717, 1.165) is 17.0 Å². The van der Waals surface area contributed by atoms with Gasteiger partial charge in [0, 0.05) is 18.7 Å². The third-order valence-electron chi connectivity index (χ3n) is 2.25. The van der Waals surface area contributed by atoms with Crippen LogP contribution in [0.3, 0.4) is 0 Å². The van der Waals surface area contributed by atoms with Gasteiger partial charge in [0.2, 0.25) is 0 Å². The first-order chi connectivity index (χ1) is 6.86. The van der Waals surface area contributed by atoms with Crippen molar-refractivity contribution in [3.8, 4) is 0 Å². The molecule has 2 aromatic heterocycles. The standard InChI is InChI=1S/C10H13N3O/c11-6-8-2-1-3-9-7-12-10(4-5-14)13(8)9/h1-3,7,14H,4-6,11H2. The van der Waals surface area contributed by atoms with E-state index in [9.17, 15) is 0 Å². The number of imidazole rings is 1. The van der Waals surface area contributed by atoms with Crippen LogP contribution >= 0.6 is 0 Å². The van der Waals surface area contributed by atoms with E-state index in [0.29, 0.717) is 13.0 Å². The number of hydrogen-bond acceptors (Lipinski definition) is 3. The highest BCUT2D eigenvalue weighted by Gasteiger charge is 2.05. The predicted octanol–water partition coefficient (Wildman–Crippen LogP) is 0.328. The highest BCUT2D eigenvalue weighted by Crippen LogP contribution is 2.10. The summed E-state index contributed by atoms with van der Waals surface area (Å²) in [4.78, 5) is 4.24. The molecule has 0 aliphatic carbocycles. The fourth-order valence-electron chi connectivity index (χ4n) is 1.62. The summed E-state index contributed by atoms with van der Waals surface area (Å²) in [6, 6.07) is 5.91. The van der Waals surface area contributed by atoms with Crippen molar-refractivity contribution in [2.45, 2.75) is 13.0 Å². The molecule has 14 heavy (non-hydrogen) atoms. The molecule has 0 atom stereocenters. The van der Waals surface area contributed by atoms with Gasteiger partial charge in [0.25, 0.3) is 0 Å². The molecular formula is C10H13N3O. The second kappa shape index (κ2) is 3.77. The van der Waals surface area contributed by atoms with Crippen LogP contribution < -0.4 is 5.73 Å². The molecule has 4 heteroatoms. The summed E-state index contributed by atoms with van der Waals surface area (Å²) in [5.41, 5.74) is 7.67. The Bertz CT molecular complexity index is 436. The lowest BCUT2D eigenvalue weighted by Crippen LogP contribution is -2.07. The number of aliphatic hydroxyl groups excluding tert-OH is 1. The molecule has 0 aliphatic heterocycles. The van der Waals surface area contributed by atoms with Crippen molar-refractivity contribution in [2.75, 3.05) is 6.61 Å². The third-order valence-corrected chi connectivity index (χ3v) is 2.25. The minimum absolute atomic E-state index is 0.109. The second-order valence-electron chi connectivity index (χ2n) is 3.13. The van der Waals surface area contributed by atoms with Crippen molar-refractivity contribution in [3.05, 3.63) is 35.9 Å². The number of nitrogens with two attached hydrogens (primary N) is 1. The first-order valence-electron chi connectivity index (χ1n) is 4.62. The highest BCUT2D eigenvalue weighted by atomic mass is 16.3. The van der Waals surface area contributed by atoms with E-state index in [4.69, 9.17) is 10.8 Å². The lowest BCUT2D eigenvalue weighted by molar-refractivity contribution is 0.296. The maximum atomic E-state index is 8.88. The smallest absolute Gasteiger partial charge is 0.115 e. The topological polar surface area (TPSA) is 63.5 Å². The Hall–Kier alpha value is -1.39. The van der Waals surface area contributed by atoms with E-state index in [1.165, 1.54) is 0 Å². The Morgan fingerprint density at radius 1 is 1.43 bits per heavy atom. The van der Waals surface area contributed by atoms with Crippen molar-refractivity contribution < 1.29 is 5.11 Å². The number of rotatable bonds is 3. The van der Waals surface area contributed by atoms with Crippen LogP contribution in [0.5, 0.6) is 0 Å². The Kier molecular flexibility index (Phi) is 2.47. The molecule has 2 rings (SSSR count). The molecule has 0 amide bonds. The maximum Gasteiger partial charge on any atom is 0.115 e. The summed E-state index contributed by atoms with van der Waals surface area (Å²) in [7, 11) is 0. The van der Waals surface area contributed by atoms with Gasteiger partial charge in [-0.15, -0.1) is 0 Å². The number of aromatic nitrogens is 2. The highest BCUT2D eigenvalue weighted by molar-refractivity contribution is 5.47. The zero-order chi connectivity index (χ0) is 9.97. The molecule has 0 radical (unpaired) electrons. The van der Waals surface area contributed by atoms with Gasteiger partial charge in [-0.2, -0.15) is 0 Å². The molecule has 4 nitrogen and oxygen atoms in total. The zero-order valence-electron chi connectivity index (χ0n) is 7.85. The number of fused-ring (bicyclic) bond motifs is 1. The Balaban J connectivity index is 2.62. The van der Waals surface area contributed by atoms with Gasteiger partial charge in [0.05, 0.1) is 18.3 Å². The zero-order valence-corrected chi connectivity index (χ0v) is 7.85. The van der Waals surface area contributed by atoms with Crippen molar-refractivity contribution in [3.63, 3.8) is 0 Å². The lowest BCUT2D eigenvalue weighted by atomic mass is 10.3. The Labute approximate surface area is 82.0 Å². The van der Waals surface area contributed by atoms with Crippen molar-refractivity contribution in [1.82, 2.24) is 9.38 Å². The van der Waals surface area contributed by atoms with Crippen LogP contribution in [0.4, 0.5) is 0 Å². The quantitative estimate of drug-likeness (QED) is 0.734. The van der Waals surface area contributed by atoms with Gasteiger partial charge in [-0.1, -0.05) is 6.07 Å². The van der Waals surface area contributed by atoms with Crippen LogP contribution in [0.25, 0.3) is 5.52 Å². The summed E-state index contributed by atoms with van der Waals surface area (Å²) in [6.45, 7) is 0.587. The summed E-state index contributed by atoms with van der Waals surface area (Å²) < 4.78 is 2.00. The fraction of sp³-hybridized carbons (Fsp3) is 0.300. The molecule has 0 bridgehead atoms. The van der Waals surface area contributed by atoms with Crippen LogP contribution in [0.15, 0.2) is 24.4 Å². The van der Waals surface area contributed by atoms with Gasteiger partial charge in [-0.3, -0.25) is 4.40 Å². The van der Waals surface area contributed by atoms with Crippen LogP contribution in [0, 0.1) is 0 Å². The molecule has 0 fully saturated rings. The maximum absolute atomic E-state index is 8.88. The van der Waals surface area contributed by atoms with E-state index in [1.807, 2.05) is 22.6 Å². The minimum Gasteiger partial charge on any atom is -0.396 e. The number of aliphatic hydroxyl groups is 1. The fourth-order valence-corrected chi connectivity index (χ4v) is 1.62. The molecule has 3 N–H and O–H groups in total. The molecular weight excluding hydrogens is 178 g/mol. The average molecular weight is 191 g/mol. The van der Waals surface area contributed by atoms with Gasteiger partial charge in [0.15, 0.2) is 0 Å². The summed E-state index contributed by atoms with van der Waals surface area (Å²) in [6.07, 6.45) is 2.36. The van der Waals surface area contributed by atoms with Crippen molar-refractivity contribution in [1.29, 1.82) is 0 Å². The predicted molar refractivity (Wildman–Crippen MR) is 53.9 cm³/mol. The molecule has 0 spiro atoms. The summed E-state index contributed by atoms with van der Waals surface area (Å²) in [5, 5.41) is 8.88. The molecule has 0 unspecified atom stereocenters. The number of hydrogen-bond donors (Lipinski definition) is 2. The monoisotopic (exact) mass is 191 g/mol. The molecule has 0 saturated heterocycles. The summed E-state index contributed by atoms with van der Waals surface area (Å²) in [5.74, 6) is 0.864. The first kappa shape index (κ1) is 9.18. The van der Waals surface area contributed by atoms with Crippen LogP contribution in [-0.4, -0.2) is 21.1 Å². The van der Waals surface area contributed by atoms with Gasteiger partial charge in [-0.25, -0.2) is 4.98 Å². The second-order valence-corrected chi connectivity index (χ2v) is 3.13. The Morgan fingerprint density at radius 2 is 2.29 bits per heavy atom. The van der Waals surface area contributed by atoms with E-state index < -0.39 is 0 Å². The van der Waals surface area contributed by atoms with E-state index in [2.05, 4.69) is 4.98 Å². The van der Waals surface area contributed by atoms with E-state index in [1.54, 1.807) is 6.20 Å². The van der Waals surface area contributed by atoms with Gasteiger partial charge >= 0.3 is 0 Å². The van der Waals surface area contributed by atoms with E-state index >= 15 is 0 Å². The Morgan fingerprint density at radius 3 is 3.00 bits per heavy atom. The SMILES string of the molecule is NCc1cccc2cnc(CCO)n12. The summed E-state index contributed by atoms with van der Waals surface area (Å²) >= 11 is 0. The average Bonchev–Trinajstić information content (AvgIpc) is 2.62. The molecule has 2 heterocycles. The lowest BCUT2D eigenvalue weighted by Gasteiger charge is -2.05. The largest absolute Gasteiger partial charge is 0.396 e. The van der Waals surface area contributed by atoms with E-state index in [-0.39, 0.29) is 6.61 Å². The van der Waals surface area contributed by atoms with Gasteiger partial charge in [-0.05, 0) is 12.1 Å². The molecule has 0 aromatic carbocycles. The number of nitrogens with zero attached hydrogens (tertiary/aromatic N) is 2. The van der Waals surface area contributed by atoms with Crippen LogP contribution in [0.2, 0.25) is 0 Å². The molecule has 0 aliphatic rings. The molecule has 2 aromatic rings. The van der Waals surface area contributed by atoms with Crippen molar-refractivity contribution in [2.24, 2.45) is 5.73 Å². The van der Waals surface area contributed by atoms with Crippen LogP contribution in [0.1, 0.15) is 11.5 Å². The third kappa shape index (κ3) is 1.38. The number of pyridine rings is 1. The van der Waals surface area contributed by atoms with Gasteiger partial charge < -0.3 is 10.8 Å². The van der Waals surface area contributed by atoms with Gasteiger partial charge in [0.1, 0.15) is 5.82 Å². The normalized spacial score (nSPS) is 11.0. The van der Waals surface area contributed by atoms with Crippen LogP contribution in [-0.2, 0) is 13.0 Å².